The Hall–Kier alpha value is -1.55. The van der Waals surface area contributed by atoms with Crippen molar-refractivity contribution in [2.75, 3.05) is 39.5 Å². The number of rotatable bonds is 6. The van der Waals surface area contributed by atoms with Crippen LogP contribution in [0.4, 0.5) is 0 Å². The number of hydrogen-bond acceptors (Lipinski definition) is 3. The fourth-order valence-electron chi connectivity index (χ4n) is 2.93. The zero-order valence-corrected chi connectivity index (χ0v) is 14.8. The first kappa shape index (κ1) is 17.3. The maximum atomic E-state index is 5.98. The highest BCUT2D eigenvalue weighted by atomic mass is 35.5. The van der Waals surface area contributed by atoms with Crippen molar-refractivity contribution in [3.8, 4) is 5.75 Å². The predicted octanol–water partition coefficient (Wildman–Crippen LogP) is 4.20. The van der Waals surface area contributed by atoms with Crippen molar-refractivity contribution in [3.63, 3.8) is 0 Å². The monoisotopic (exact) mass is 345 g/mol. The lowest BCUT2D eigenvalue weighted by Crippen LogP contribution is -2.38. The van der Waals surface area contributed by atoms with E-state index in [9.17, 15) is 0 Å². The van der Waals surface area contributed by atoms with Gasteiger partial charge in [-0.3, -0.25) is 4.90 Å². The Labute approximate surface area is 149 Å². The molecule has 0 bridgehead atoms. The summed E-state index contributed by atoms with van der Waals surface area (Å²) in [6.07, 6.45) is 0. The molecule has 2 aromatic carbocycles. The van der Waals surface area contributed by atoms with Gasteiger partial charge in [-0.1, -0.05) is 42.8 Å². The van der Waals surface area contributed by atoms with Gasteiger partial charge in [0.2, 0.25) is 0 Å². The second-order valence-electron chi connectivity index (χ2n) is 6.15. The summed E-state index contributed by atoms with van der Waals surface area (Å²) in [7, 11) is 0. The largest absolute Gasteiger partial charge is 0.492 e. The first-order valence-corrected chi connectivity index (χ1v) is 8.88. The molecule has 4 heteroatoms. The van der Waals surface area contributed by atoms with Gasteiger partial charge in [-0.2, -0.15) is 0 Å². The molecule has 0 saturated carbocycles. The van der Waals surface area contributed by atoms with Crippen molar-refractivity contribution in [3.05, 3.63) is 64.7 Å². The number of halogens is 1. The van der Waals surface area contributed by atoms with Crippen LogP contribution in [0.2, 0.25) is 5.02 Å². The zero-order valence-electron chi connectivity index (χ0n) is 14.1. The van der Waals surface area contributed by atoms with Crippen LogP contribution in [0.3, 0.4) is 0 Å². The molecular formula is C20H24ClNO2. The van der Waals surface area contributed by atoms with Crippen LogP contribution in [0.25, 0.3) is 0 Å². The van der Waals surface area contributed by atoms with E-state index in [-0.39, 0.29) is 0 Å². The molecular weight excluding hydrogens is 322 g/mol. The smallest absolute Gasteiger partial charge is 0.119 e. The van der Waals surface area contributed by atoms with Crippen LogP contribution in [-0.2, 0) is 4.74 Å². The van der Waals surface area contributed by atoms with Crippen LogP contribution < -0.4 is 4.74 Å². The molecule has 1 aliphatic rings. The molecule has 0 aliphatic carbocycles. The minimum Gasteiger partial charge on any atom is -0.492 e. The molecule has 24 heavy (non-hydrogen) atoms. The molecule has 3 rings (SSSR count). The van der Waals surface area contributed by atoms with Gasteiger partial charge >= 0.3 is 0 Å². The van der Waals surface area contributed by atoms with Crippen LogP contribution in [0.15, 0.2) is 48.5 Å². The Morgan fingerprint density at radius 3 is 2.58 bits per heavy atom. The van der Waals surface area contributed by atoms with E-state index in [2.05, 4.69) is 42.2 Å². The fourth-order valence-corrected chi connectivity index (χ4v) is 3.06. The maximum absolute atomic E-state index is 5.98. The topological polar surface area (TPSA) is 21.7 Å². The molecule has 1 saturated heterocycles. The second kappa shape index (κ2) is 8.52. The van der Waals surface area contributed by atoms with Crippen LogP contribution in [0, 0.1) is 0 Å². The molecule has 0 radical (unpaired) electrons. The van der Waals surface area contributed by atoms with E-state index < -0.39 is 0 Å². The second-order valence-corrected chi connectivity index (χ2v) is 6.58. The van der Waals surface area contributed by atoms with Crippen molar-refractivity contribution in [2.24, 2.45) is 0 Å². The van der Waals surface area contributed by atoms with Gasteiger partial charge in [0, 0.05) is 30.6 Å². The fraction of sp³-hybridized carbons (Fsp3) is 0.400. The minimum absolute atomic E-state index is 0.310. The van der Waals surface area contributed by atoms with Gasteiger partial charge in [-0.25, -0.2) is 0 Å². The Kier molecular flexibility index (Phi) is 6.13. The molecule has 2 aromatic rings. The van der Waals surface area contributed by atoms with E-state index in [4.69, 9.17) is 21.1 Å². The Morgan fingerprint density at radius 1 is 1.08 bits per heavy atom. The van der Waals surface area contributed by atoms with Crippen molar-refractivity contribution < 1.29 is 9.47 Å². The highest BCUT2D eigenvalue weighted by Gasteiger charge is 2.11. The molecule has 1 fully saturated rings. The summed E-state index contributed by atoms with van der Waals surface area (Å²) in [5.41, 5.74) is 2.51. The third-order valence-corrected chi connectivity index (χ3v) is 4.76. The van der Waals surface area contributed by atoms with Gasteiger partial charge in [0.1, 0.15) is 12.4 Å². The van der Waals surface area contributed by atoms with E-state index in [0.29, 0.717) is 12.5 Å². The molecule has 0 amide bonds. The summed E-state index contributed by atoms with van der Waals surface area (Å²) in [6.45, 7) is 7.51. The number of morpholine rings is 1. The molecule has 1 atom stereocenters. The zero-order chi connectivity index (χ0) is 16.8. The van der Waals surface area contributed by atoms with Crippen LogP contribution in [0.5, 0.6) is 5.75 Å². The molecule has 128 valence electrons. The van der Waals surface area contributed by atoms with E-state index >= 15 is 0 Å². The number of nitrogens with zero attached hydrogens (tertiary/aromatic N) is 1. The van der Waals surface area contributed by atoms with Gasteiger partial charge in [0.25, 0.3) is 0 Å². The molecule has 0 aromatic heterocycles. The van der Waals surface area contributed by atoms with Crippen molar-refractivity contribution >= 4 is 11.6 Å². The van der Waals surface area contributed by atoms with E-state index in [1.807, 2.05) is 18.2 Å². The van der Waals surface area contributed by atoms with Gasteiger partial charge in [-0.05, 0) is 35.4 Å². The molecule has 1 unspecified atom stereocenters. The highest BCUT2D eigenvalue weighted by molar-refractivity contribution is 6.30. The number of hydrogen-bond donors (Lipinski definition) is 0. The van der Waals surface area contributed by atoms with E-state index in [1.54, 1.807) is 0 Å². The Bertz CT molecular complexity index is 638. The summed E-state index contributed by atoms with van der Waals surface area (Å²) in [5.74, 6) is 1.24. The average molecular weight is 346 g/mol. The van der Waals surface area contributed by atoms with Crippen LogP contribution in [-0.4, -0.2) is 44.4 Å². The Balaban J connectivity index is 1.57. The third-order valence-electron chi connectivity index (χ3n) is 4.51. The Morgan fingerprint density at radius 2 is 1.83 bits per heavy atom. The third kappa shape index (κ3) is 4.73. The van der Waals surface area contributed by atoms with Gasteiger partial charge in [0.15, 0.2) is 0 Å². The lowest BCUT2D eigenvalue weighted by Gasteiger charge is -2.26. The lowest BCUT2D eigenvalue weighted by molar-refractivity contribution is 0.0322. The standard InChI is InChI=1S/C20H24ClNO2/c1-16(17-5-7-19(21)8-6-17)18-3-2-4-20(15-18)24-14-11-22-9-12-23-13-10-22/h2-8,15-16H,9-14H2,1H3. The summed E-state index contributed by atoms with van der Waals surface area (Å²) in [5, 5.41) is 0.770. The average Bonchev–Trinajstić information content (AvgIpc) is 2.63. The molecule has 3 nitrogen and oxygen atoms in total. The quantitative estimate of drug-likeness (QED) is 0.783. The van der Waals surface area contributed by atoms with E-state index in [0.717, 1.165) is 43.6 Å². The molecule has 0 N–H and O–H groups in total. The summed E-state index contributed by atoms with van der Waals surface area (Å²) in [4.78, 5) is 2.38. The summed E-state index contributed by atoms with van der Waals surface area (Å²) >= 11 is 5.98. The van der Waals surface area contributed by atoms with E-state index in [1.165, 1.54) is 11.1 Å². The number of ether oxygens (including phenoxy) is 2. The van der Waals surface area contributed by atoms with Crippen molar-refractivity contribution in [1.82, 2.24) is 4.90 Å². The van der Waals surface area contributed by atoms with Gasteiger partial charge in [0.05, 0.1) is 13.2 Å². The maximum Gasteiger partial charge on any atom is 0.119 e. The van der Waals surface area contributed by atoms with Crippen LogP contribution in [0.1, 0.15) is 24.0 Å². The minimum atomic E-state index is 0.310. The molecule has 1 heterocycles. The molecule has 0 spiro atoms. The van der Waals surface area contributed by atoms with Crippen LogP contribution >= 0.6 is 11.6 Å². The van der Waals surface area contributed by atoms with Gasteiger partial charge < -0.3 is 9.47 Å². The lowest BCUT2D eigenvalue weighted by atomic mass is 9.93. The molecule has 1 aliphatic heterocycles. The SMILES string of the molecule is CC(c1ccc(Cl)cc1)c1cccc(OCCN2CCOCC2)c1. The van der Waals surface area contributed by atoms with Crippen molar-refractivity contribution in [2.45, 2.75) is 12.8 Å². The highest BCUT2D eigenvalue weighted by Crippen LogP contribution is 2.27. The van der Waals surface area contributed by atoms with Gasteiger partial charge in [-0.15, -0.1) is 0 Å². The first-order valence-electron chi connectivity index (χ1n) is 8.51. The van der Waals surface area contributed by atoms with Crippen molar-refractivity contribution in [1.29, 1.82) is 0 Å². The summed E-state index contributed by atoms with van der Waals surface area (Å²) < 4.78 is 11.3. The normalized spacial score (nSPS) is 16.8. The first-order chi connectivity index (χ1) is 11.7. The number of benzene rings is 2. The predicted molar refractivity (Wildman–Crippen MR) is 98.2 cm³/mol. The summed E-state index contributed by atoms with van der Waals surface area (Å²) in [6, 6.07) is 16.4.